The van der Waals surface area contributed by atoms with Crippen molar-refractivity contribution >= 4 is 28.6 Å². The average Bonchev–Trinajstić information content (AvgIpc) is 3.13. The van der Waals surface area contributed by atoms with Gasteiger partial charge in [-0.25, -0.2) is 4.98 Å². The molecule has 1 unspecified atom stereocenters. The minimum Gasteiger partial charge on any atom is -0.329 e. The van der Waals surface area contributed by atoms with Crippen LogP contribution in [-0.2, 0) is 19.9 Å². The fourth-order valence-electron chi connectivity index (χ4n) is 3.65. The number of aryl methyl sites for hydroxylation is 1. The molecule has 0 spiro atoms. The molecule has 124 valence electrons. The van der Waals surface area contributed by atoms with Gasteiger partial charge in [-0.3, -0.25) is 9.36 Å². The summed E-state index contributed by atoms with van der Waals surface area (Å²) in [5, 5.41) is 2.12. The average molecular weight is 339 g/mol. The lowest BCUT2D eigenvalue weighted by molar-refractivity contribution is 0.0943. The molecule has 3 aromatic rings. The van der Waals surface area contributed by atoms with Crippen LogP contribution >= 0.6 is 11.8 Å². The zero-order valence-electron chi connectivity index (χ0n) is 14.0. The van der Waals surface area contributed by atoms with Crippen molar-refractivity contribution in [2.45, 2.75) is 31.3 Å². The molecule has 1 aliphatic carbocycles. The number of hydrogen-bond acceptors (Lipinski definition) is 3. The van der Waals surface area contributed by atoms with Crippen LogP contribution in [0.2, 0.25) is 0 Å². The topological polar surface area (TPSA) is 39.8 Å². The molecule has 2 aromatic heterocycles. The smallest absolute Gasteiger partial charge is 0.241 e. The molecule has 0 saturated heterocycles. The van der Waals surface area contributed by atoms with E-state index < -0.39 is 0 Å². The lowest BCUT2D eigenvalue weighted by Gasteiger charge is -2.20. The van der Waals surface area contributed by atoms with Crippen LogP contribution in [-0.4, -0.2) is 25.8 Å². The van der Waals surface area contributed by atoms with Crippen LogP contribution in [0.15, 0.2) is 41.8 Å². The zero-order valence-corrected chi connectivity index (χ0v) is 14.8. The standard InChI is InChI=1S/C19H21N3OS/c1-13-7-8-17-15(11-13)14-5-3-4-6-16(14)22(17)18(23)12-24-19-20-9-10-21(19)2/h3-6,9-10,13H,7-8,11-12H2,1-2H3. The molecule has 0 fully saturated rings. The Labute approximate surface area is 145 Å². The molecule has 1 aromatic carbocycles. The molecule has 0 saturated carbocycles. The Kier molecular flexibility index (Phi) is 3.96. The Hall–Kier alpha value is -2.01. The zero-order chi connectivity index (χ0) is 16.7. The van der Waals surface area contributed by atoms with Crippen molar-refractivity contribution in [3.63, 3.8) is 0 Å². The number of aromatic nitrogens is 3. The van der Waals surface area contributed by atoms with Crippen LogP contribution < -0.4 is 0 Å². The highest BCUT2D eigenvalue weighted by Crippen LogP contribution is 2.34. The lowest BCUT2D eigenvalue weighted by Crippen LogP contribution is -2.20. The van der Waals surface area contributed by atoms with E-state index in [2.05, 4.69) is 30.1 Å². The van der Waals surface area contributed by atoms with Gasteiger partial charge in [0, 0.05) is 30.5 Å². The van der Waals surface area contributed by atoms with Gasteiger partial charge in [-0.15, -0.1) is 0 Å². The first-order valence-corrected chi connectivity index (χ1v) is 9.38. The van der Waals surface area contributed by atoms with Crippen LogP contribution in [0.4, 0.5) is 0 Å². The van der Waals surface area contributed by atoms with E-state index in [1.165, 1.54) is 28.4 Å². The summed E-state index contributed by atoms with van der Waals surface area (Å²) in [6.45, 7) is 2.30. The molecular formula is C19H21N3OS. The van der Waals surface area contributed by atoms with Crippen molar-refractivity contribution in [1.82, 2.24) is 14.1 Å². The Balaban J connectivity index is 1.71. The normalized spacial score (nSPS) is 17.2. The van der Waals surface area contributed by atoms with Crippen molar-refractivity contribution in [3.05, 3.63) is 47.9 Å². The van der Waals surface area contributed by atoms with Crippen LogP contribution in [0.1, 0.15) is 29.4 Å². The van der Waals surface area contributed by atoms with E-state index in [0.29, 0.717) is 11.7 Å². The third-order valence-corrected chi connectivity index (χ3v) is 5.91. The van der Waals surface area contributed by atoms with E-state index in [1.54, 1.807) is 6.20 Å². The molecule has 1 aliphatic rings. The van der Waals surface area contributed by atoms with Gasteiger partial charge in [-0.2, -0.15) is 0 Å². The summed E-state index contributed by atoms with van der Waals surface area (Å²) in [5.41, 5.74) is 3.65. The number of thioether (sulfide) groups is 1. The number of imidazole rings is 1. The summed E-state index contributed by atoms with van der Waals surface area (Å²) in [6.07, 6.45) is 6.89. The molecule has 0 radical (unpaired) electrons. The molecule has 0 bridgehead atoms. The molecule has 4 nitrogen and oxygen atoms in total. The van der Waals surface area contributed by atoms with Crippen LogP contribution in [0, 0.1) is 5.92 Å². The van der Waals surface area contributed by atoms with Gasteiger partial charge in [0.2, 0.25) is 5.91 Å². The number of fused-ring (bicyclic) bond motifs is 3. The SMILES string of the molecule is CC1CCc2c(c3ccccc3n2C(=O)CSc2nccn2C)C1. The maximum Gasteiger partial charge on any atom is 0.241 e. The van der Waals surface area contributed by atoms with E-state index in [4.69, 9.17) is 0 Å². The lowest BCUT2D eigenvalue weighted by atomic mass is 9.88. The summed E-state index contributed by atoms with van der Waals surface area (Å²) < 4.78 is 3.91. The van der Waals surface area contributed by atoms with Gasteiger partial charge in [0.05, 0.1) is 11.3 Å². The van der Waals surface area contributed by atoms with Gasteiger partial charge in [0.1, 0.15) is 0 Å². The van der Waals surface area contributed by atoms with Crippen LogP contribution in [0.25, 0.3) is 10.9 Å². The van der Waals surface area contributed by atoms with Crippen molar-refractivity contribution < 1.29 is 4.79 Å². The summed E-state index contributed by atoms with van der Waals surface area (Å²) >= 11 is 1.50. The van der Waals surface area contributed by atoms with Crippen molar-refractivity contribution in [2.75, 3.05) is 5.75 Å². The second-order valence-corrected chi connectivity index (χ2v) is 7.57. The molecule has 5 heteroatoms. The summed E-state index contributed by atoms with van der Waals surface area (Å²) in [7, 11) is 1.95. The van der Waals surface area contributed by atoms with Crippen LogP contribution in [0.3, 0.4) is 0 Å². The first-order valence-electron chi connectivity index (χ1n) is 8.39. The van der Waals surface area contributed by atoms with E-state index in [9.17, 15) is 4.79 Å². The summed E-state index contributed by atoms with van der Waals surface area (Å²) in [5.74, 6) is 1.25. The molecular weight excluding hydrogens is 318 g/mol. The molecule has 24 heavy (non-hydrogen) atoms. The van der Waals surface area contributed by atoms with Crippen molar-refractivity contribution in [3.8, 4) is 0 Å². The molecule has 0 N–H and O–H groups in total. The van der Waals surface area contributed by atoms with Gasteiger partial charge in [0.25, 0.3) is 0 Å². The maximum absolute atomic E-state index is 13.0. The van der Waals surface area contributed by atoms with Gasteiger partial charge in [0.15, 0.2) is 5.16 Å². The summed E-state index contributed by atoms with van der Waals surface area (Å²) in [6, 6.07) is 8.32. The van der Waals surface area contributed by atoms with E-state index in [1.807, 2.05) is 28.4 Å². The number of hydrogen-bond donors (Lipinski definition) is 0. The number of para-hydroxylation sites is 1. The van der Waals surface area contributed by atoms with Gasteiger partial charge >= 0.3 is 0 Å². The second-order valence-electron chi connectivity index (χ2n) is 6.63. The first-order chi connectivity index (χ1) is 11.6. The van der Waals surface area contributed by atoms with Gasteiger partial charge < -0.3 is 4.57 Å². The highest BCUT2D eigenvalue weighted by Gasteiger charge is 2.25. The van der Waals surface area contributed by atoms with E-state index in [0.717, 1.165) is 29.9 Å². The van der Waals surface area contributed by atoms with Crippen molar-refractivity contribution in [2.24, 2.45) is 13.0 Å². The Bertz CT molecular complexity index is 909. The fourth-order valence-corrected chi connectivity index (χ4v) is 4.43. The molecule has 0 aliphatic heterocycles. The van der Waals surface area contributed by atoms with Gasteiger partial charge in [-0.05, 0) is 36.8 Å². The van der Waals surface area contributed by atoms with Gasteiger partial charge in [-0.1, -0.05) is 36.9 Å². The quantitative estimate of drug-likeness (QED) is 0.679. The summed E-state index contributed by atoms with van der Waals surface area (Å²) in [4.78, 5) is 17.3. The molecule has 2 heterocycles. The Morgan fingerprint density at radius 3 is 3.00 bits per heavy atom. The minimum absolute atomic E-state index is 0.148. The number of carbonyl (C=O) groups is 1. The molecule has 1 atom stereocenters. The predicted molar refractivity (Wildman–Crippen MR) is 97.7 cm³/mol. The number of benzene rings is 1. The Morgan fingerprint density at radius 2 is 2.21 bits per heavy atom. The fraction of sp³-hybridized carbons (Fsp3) is 0.368. The van der Waals surface area contributed by atoms with Crippen molar-refractivity contribution in [1.29, 1.82) is 0 Å². The molecule has 4 rings (SSSR count). The highest BCUT2D eigenvalue weighted by molar-refractivity contribution is 7.99. The monoisotopic (exact) mass is 339 g/mol. The van der Waals surface area contributed by atoms with E-state index >= 15 is 0 Å². The second kappa shape index (κ2) is 6.13. The third kappa shape index (κ3) is 2.57. The Morgan fingerprint density at radius 1 is 1.38 bits per heavy atom. The molecule has 0 amide bonds. The first kappa shape index (κ1) is 15.5. The number of rotatable bonds is 3. The number of carbonyl (C=O) groups excluding carboxylic acids is 1. The van der Waals surface area contributed by atoms with E-state index in [-0.39, 0.29) is 5.91 Å². The third-order valence-electron chi connectivity index (χ3n) is 4.87. The predicted octanol–water partition coefficient (Wildman–Crippen LogP) is 3.93. The largest absolute Gasteiger partial charge is 0.329 e. The number of nitrogens with zero attached hydrogens (tertiary/aromatic N) is 3. The van der Waals surface area contributed by atoms with Crippen LogP contribution in [0.5, 0.6) is 0 Å². The minimum atomic E-state index is 0.148. The maximum atomic E-state index is 13.0. The highest BCUT2D eigenvalue weighted by atomic mass is 32.2.